The van der Waals surface area contributed by atoms with Gasteiger partial charge in [0.25, 0.3) is 0 Å². The summed E-state index contributed by atoms with van der Waals surface area (Å²) in [6.45, 7) is 5.27. The first-order valence-corrected chi connectivity index (χ1v) is 6.84. The molecule has 21 heavy (non-hydrogen) atoms. The van der Waals surface area contributed by atoms with Crippen molar-refractivity contribution in [3.05, 3.63) is 16.3 Å². The van der Waals surface area contributed by atoms with Crippen molar-refractivity contribution in [2.24, 2.45) is 0 Å². The van der Waals surface area contributed by atoms with Gasteiger partial charge >= 0.3 is 5.69 Å². The molecule has 1 atom stereocenters. The van der Waals surface area contributed by atoms with E-state index in [0.29, 0.717) is 25.6 Å². The molecule has 1 amide bonds. The number of amides is 1. The molecule has 1 aromatic rings. The van der Waals surface area contributed by atoms with Gasteiger partial charge in [0.15, 0.2) is 0 Å². The highest BCUT2D eigenvalue weighted by atomic mass is 16.6. The number of nitrogens with zero attached hydrogens (tertiary/aromatic N) is 4. The van der Waals surface area contributed by atoms with Gasteiger partial charge < -0.3 is 15.5 Å². The highest BCUT2D eigenvalue weighted by Gasteiger charge is 2.32. The van der Waals surface area contributed by atoms with E-state index in [1.165, 1.54) is 6.20 Å². The number of nitro groups is 1. The van der Waals surface area contributed by atoms with Gasteiger partial charge in [-0.1, -0.05) is 6.92 Å². The third-order valence-electron chi connectivity index (χ3n) is 3.25. The molecule has 2 N–H and O–H groups in total. The maximum Gasteiger partial charge on any atom is 0.329 e. The number of nitrogens with one attached hydrogen (secondary N) is 2. The van der Waals surface area contributed by atoms with Crippen molar-refractivity contribution in [3.8, 4) is 0 Å². The summed E-state index contributed by atoms with van der Waals surface area (Å²) in [5.41, 5.74) is -0.196. The molecule has 0 aliphatic carbocycles. The van der Waals surface area contributed by atoms with Crippen LogP contribution in [-0.2, 0) is 4.79 Å². The second-order valence-corrected chi connectivity index (χ2v) is 4.75. The van der Waals surface area contributed by atoms with Gasteiger partial charge in [-0.25, -0.2) is 4.98 Å². The number of carbonyl (C=O) groups excluding carboxylic acids is 1. The number of aromatic nitrogens is 2. The monoisotopic (exact) mass is 294 g/mol. The summed E-state index contributed by atoms with van der Waals surface area (Å²) < 4.78 is 0. The normalized spacial score (nSPS) is 18.3. The molecule has 0 saturated carbocycles. The predicted octanol–water partition coefficient (Wildman–Crippen LogP) is 0.531. The number of hydrogen-bond acceptors (Lipinski definition) is 7. The Balaban J connectivity index is 2.37. The van der Waals surface area contributed by atoms with Crippen molar-refractivity contribution in [1.29, 1.82) is 0 Å². The van der Waals surface area contributed by atoms with E-state index < -0.39 is 11.0 Å². The summed E-state index contributed by atoms with van der Waals surface area (Å²) in [5.74, 6) is 0.337. The van der Waals surface area contributed by atoms with Crippen molar-refractivity contribution in [2.75, 3.05) is 29.9 Å². The van der Waals surface area contributed by atoms with Gasteiger partial charge in [-0.2, -0.15) is 4.98 Å². The van der Waals surface area contributed by atoms with E-state index in [4.69, 9.17) is 0 Å². The average Bonchev–Trinajstić information content (AvgIpc) is 2.47. The molecule has 0 aromatic carbocycles. The Morgan fingerprint density at radius 1 is 1.62 bits per heavy atom. The van der Waals surface area contributed by atoms with Crippen LogP contribution >= 0.6 is 0 Å². The van der Waals surface area contributed by atoms with Crippen LogP contribution in [-0.4, -0.2) is 46.5 Å². The molecule has 1 aliphatic heterocycles. The molecule has 9 heteroatoms. The second-order valence-electron chi connectivity index (χ2n) is 4.75. The minimum atomic E-state index is -0.530. The fourth-order valence-electron chi connectivity index (χ4n) is 2.10. The molecule has 1 fully saturated rings. The van der Waals surface area contributed by atoms with Crippen LogP contribution in [0.25, 0.3) is 0 Å². The summed E-state index contributed by atoms with van der Waals surface area (Å²) in [7, 11) is 0. The maximum absolute atomic E-state index is 11.7. The third-order valence-corrected chi connectivity index (χ3v) is 3.25. The van der Waals surface area contributed by atoms with Crippen LogP contribution in [0.1, 0.15) is 20.3 Å². The zero-order valence-corrected chi connectivity index (χ0v) is 12.0. The van der Waals surface area contributed by atoms with Gasteiger partial charge in [0.05, 0.1) is 4.92 Å². The van der Waals surface area contributed by atoms with Gasteiger partial charge in [-0.15, -0.1) is 0 Å². The molecule has 9 nitrogen and oxygen atoms in total. The first-order valence-electron chi connectivity index (χ1n) is 6.84. The van der Waals surface area contributed by atoms with Crippen molar-refractivity contribution in [1.82, 2.24) is 15.3 Å². The standard InChI is InChI=1S/C12H18N6O3/c1-3-4-14-12-15-7-9(18(20)21)10(16-12)17-6-5-13-11(19)8(17)2/h7-8H,3-6H2,1-2H3,(H,13,19)(H,14,15,16). The molecule has 1 saturated heterocycles. The lowest BCUT2D eigenvalue weighted by Gasteiger charge is -2.33. The molecular formula is C12H18N6O3. The molecule has 1 aromatic heterocycles. The van der Waals surface area contributed by atoms with Crippen LogP contribution in [0.15, 0.2) is 6.20 Å². The highest BCUT2D eigenvalue weighted by molar-refractivity contribution is 5.86. The summed E-state index contributed by atoms with van der Waals surface area (Å²) in [5, 5.41) is 16.9. The summed E-state index contributed by atoms with van der Waals surface area (Å²) in [6.07, 6.45) is 2.07. The van der Waals surface area contributed by atoms with Crippen molar-refractivity contribution in [3.63, 3.8) is 0 Å². The molecule has 0 bridgehead atoms. The van der Waals surface area contributed by atoms with Gasteiger partial charge in [-0.05, 0) is 13.3 Å². The first-order chi connectivity index (χ1) is 10.0. The Bertz CT molecular complexity index is 550. The van der Waals surface area contributed by atoms with E-state index in [1.54, 1.807) is 11.8 Å². The van der Waals surface area contributed by atoms with E-state index in [9.17, 15) is 14.9 Å². The van der Waals surface area contributed by atoms with E-state index >= 15 is 0 Å². The lowest BCUT2D eigenvalue weighted by Crippen LogP contribution is -2.54. The lowest BCUT2D eigenvalue weighted by molar-refractivity contribution is -0.384. The van der Waals surface area contributed by atoms with E-state index in [2.05, 4.69) is 20.6 Å². The number of rotatable bonds is 5. The smallest absolute Gasteiger partial charge is 0.329 e. The van der Waals surface area contributed by atoms with Gasteiger partial charge in [-0.3, -0.25) is 14.9 Å². The quantitative estimate of drug-likeness (QED) is 0.601. The van der Waals surface area contributed by atoms with Crippen molar-refractivity contribution < 1.29 is 9.72 Å². The Morgan fingerprint density at radius 3 is 3.05 bits per heavy atom. The average molecular weight is 294 g/mol. The topological polar surface area (TPSA) is 113 Å². The van der Waals surface area contributed by atoms with Crippen LogP contribution in [0.4, 0.5) is 17.5 Å². The molecule has 2 rings (SSSR count). The third kappa shape index (κ3) is 3.18. The number of hydrogen-bond donors (Lipinski definition) is 2. The Labute approximate surface area is 121 Å². The van der Waals surface area contributed by atoms with E-state index in [0.717, 1.165) is 6.42 Å². The molecule has 114 valence electrons. The minimum Gasteiger partial charge on any atom is -0.354 e. The van der Waals surface area contributed by atoms with Gasteiger partial charge in [0.2, 0.25) is 17.7 Å². The zero-order valence-electron chi connectivity index (χ0n) is 12.0. The Hall–Kier alpha value is -2.45. The largest absolute Gasteiger partial charge is 0.354 e. The van der Waals surface area contributed by atoms with Gasteiger partial charge in [0, 0.05) is 19.6 Å². The lowest BCUT2D eigenvalue weighted by atomic mass is 10.2. The summed E-state index contributed by atoms with van der Waals surface area (Å²) in [4.78, 5) is 32.2. The van der Waals surface area contributed by atoms with Crippen molar-refractivity contribution >= 4 is 23.4 Å². The molecule has 1 aliphatic rings. The fraction of sp³-hybridized carbons (Fsp3) is 0.583. The molecular weight excluding hydrogens is 276 g/mol. The van der Waals surface area contributed by atoms with Crippen LogP contribution in [0.2, 0.25) is 0 Å². The molecule has 1 unspecified atom stereocenters. The van der Waals surface area contributed by atoms with Crippen LogP contribution < -0.4 is 15.5 Å². The first kappa shape index (κ1) is 14.9. The van der Waals surface area contributed by atoms with Gasteiger partial charge in [0.1, 0.15) is 12.2 Å². The SMILES string of the molecule is CCCNc1ncc([N+](=O)[O-])c(N2CCNC(=O)C2C)n1. The van der Waals surface area contributed by atoms with Crippen LogP contribution in [0.5, 0.6) is 0 Å². The maximum atomic E-state index is 11.7. The Kier molecular flexibility index (Phi) is 4.51. The Morgan fingerprint density at radius 2 is 2.38 bits per heavy atom. The fourth-order valence-corrected chi connectivity index (χ4v) is 2.10. The van der Waals surface area contributed by atoms with Crippen molar-refractivity contribution in [2.45, 2.75) is 26.3 Å². The van der Waals surface area contributed by atoms with E-state index in [-0.39, 0.29) is 17.4 Å². The number of anilines is 2. The molecule has 0 spiro atoms. The second kappa shape index (κ2) is 6.33. The summed E-state index contributed by atoms with van der Waals surface area (Å²) in [6, 6.07) is -0.508. The number of piperazine rings is 1. The summed E-state index contributed by atoms with van der Waals surface area (Å²) >= 11 is 0. The van der Waals surface area contributed by atoms with Crippen LogP contribution in [0, 0.1) is 10.1 Å². The highest BCUT2D eigenvalue weighted by Crippen LogP contribution is 2.28. The van der Waals surface area contributed by atoms with Crippen LogP contribution in [0.3, 0.4) is 0 Å². The zero-order chi connectivity index (χ0) is 15.4. The number of carbonyl (C=O) groups is 1. The molecule has 2 heterocycles. The predicted molar refractivity (Wildman–Crippen MR) is 77.3 cm³/mol. The minimum absolute atomic E-state index is 0.169. The molecule has 0 radical (unpaired) electrons. The van der Waals surface area contributed by atoms with E-state index in [1.807, 2.05) is 6.92 Å².